The predicted octanol–water partition coefficient (Wildman–Crippen LogP) is 2.59. The van der Waals surface area contributed by atoms with Crippen molar-refractivity contribution < 1.29 is 13.2 Å². The first-order valence-corrected chi connectivity index (χ1v) is 10.3. The van der Waals surface area contributed by atoms with Gasteiger partial charge in [-0.2, -0.15) is 4.31 Å². The summed E-state index contributed by atoms with van der Waals surface area (Å²) in [5.41, 5.74) is 0. The van der Waals surface area contributed by atoms with E-state index in [1.807, 2.05) is 0 Å². The fraction of sp³-hybridized carbons (Fsp3) is 0.533. The van der Waals surface area contributed by atoms with Crippen molar-refractivity contribution in [2.45, 2.75) is 23.5 Å². The van der Waals surface area contributed by atoms with Gasteiger partial charge in [-0.3, -0.25) is 4.79 Å². The standard InChI is InChI=1S/C15H19ClN2O3S2/c16-13-5-6-15(22-13)23(20,21)18-9-7-17(8-10-18)14(19)11-12-3-1-2-4-12/h1,3,5-6,12H,2,4,7-11H2. The summed E-state index contributed by atoms with van der Waals surface area (Å²) in [5, 5.41) is 0. The summed E-state index contributed by atoms with van der Waals surface area (Å²) in [6, 6.07) is 3.13. The zero-order chi connectivity index (χ0) is 16.4. The van der Waals surface area contributed by atoms with Gasteiger partial charge < -0.3 is 4.90 Å². The molecule has 1 aliphatic heterocycles. The molecule has 0 radical (unpaired) electrons. The molecule has 0 aromatic carbocycles. The largest absolute Gasteiger partial charge is 0.340 e. The molecule has 1 aromatic rings. The van der Waals surface area contributed by atoms with Crippen molar-refractivity contribution in [3.05, 3.63) is 28.6 Å². The van der Waals surface area contributed by atoms with Crippen molar-refractivity contribution in [2.75, 3.05) is 26.2 Å². The van der Waals surface area contributed by atoms with Crippen LogP contribution < -0.4 is 0 Å². The Morgan fingerprint density at radius 2 is 2.00 bits per heavy atom. The minimum Gasteiger partial charge on any atom is -0.340 e. The van der Waals surface area contributed by atoms with Crippen LogP contribution in [-0.4, -0.2) is 49.7 Å². The predicted molar refractivity (Wildman–Crippen MR) is 91.1 cm³/mol. The molecule has 1 atom stereocenters. The Hall–Kier alpha value is -0.890. The topological polar surface area (TPSA) is 57.7 Å². The second-order valence-corrected chi connectivity index (χ2v) is 9.69. The Labute approximate surface area is 145 Å². The van der Waals surface area contributed by atoms with Gasteiger partial charge in [0.2, 0.25) is 5.91 Å². The van der Waals surface area contributed by atoms with Gasteiger partial charge in [-0.25, -0.2) is 8.42 Å². The van der Waals surface area contributed by atoms with Crippen molar-refractivity contribution in [1.29, 1.82) is 0 Å². The number of allylic oxidation sites excluding steroid dienone is 2. The van der Waals surface area contributed by atoms with E-state index < -0.39 is 10.0 Å². The van der Waals surface area contributed by atoms with Gasteiger partial charge in [-0.05, 0) is 30.9 Å². The lowest BCUT2D eigenvalue weighted by molar-refractivity contribution is -0.133. The van der Waals surface area contributed by atoms with Crippen molar-refractivity contribution >= 4 is 38.9 Å². The molecule has 2 aliphatic rings. The molecule has 1 fully saturated rings. The van der Waals surface area contributed by atoms with E-state index in [0.717, 1.165) is 24.2 Å². The van der Waals surface area contributed by atoms with Crippen molar-refractivity contribution in [2.24, 2.45) is 5.92 Å². The highest BCUT2D eigenvalue weighted by Gasteiger charge is 2.31. The van der Waals surface area contributed by atoms with Crippen LogP contribution in [0.15, 0.2) is 28.5 Å². The van der Waals surface area contributed by atoms with E-state index in [1.54, 1.807) is 11.0 Å². The van der Waals surface area contributed by atoms with Crippen LogP contribution >= 0.6 is 22.9 Å². The number of thiophene rings is 1. The number of nitrogens with zero attached hydrogens (tertiary/aromatic N) is 2. The molecule has 2 heterocycles. The summed E-state index contributed by atoms with van der Waals surface area (Å²) in [6.07, 6.45) is 6.85. The average Bonchev–Trinajstić information content (AvgIpc) is 3.19. The molecule has 0 saturated carbocycles. The molecule has 0 bridgehead atoms. The smallest absolute Gasteiger partial charge is 0.252 e. The van der Waals surface area contributed by atoms with E-state index in [1.165, 1.54) is 10.4 Å². The summed E-state index contributed by atoms with van der Waals surface area (Å²) >= 11 is 6.89. The number of hydrogen-bond donors (Lipinski definition) is 0. The monoisotopic (exact) mass is 374 g/mol. The maximum absolute atomic E-state index is 12.5. The normalized spacial score (nSPS) is 22.7. The number of amides is 1. The van der Waals surface area contributed by atoms with Crippen LogP contribution in [0.3, 0.4) is 0 Å². The van der Waals surface area contributed by atoms with Gasteiger partial charge in [0.15, 0.2) is 0 Å². The van der Waals surface area contributed by atoms with E-state index in [-0.39, 0.29) is 10.1 Å². The second kappa shape index (κ2) is 6.93. The van der Waals surface area contributed by atoms with Crippen LogP contribution in [0, 0.1) is 5.92 Å². The van der Waals surface area contributed by atoms with E-state index in [9.17, 15) is 13.2 Å². The SMILES string of the molecule is O=C(CC1C=CCC1)N1CCN(S(=O)(=O)c2ccc(Cl)s2)CC1. The number of carbonyl (C=O) groups is 1. The van der Waals surface area contributed by atoms with E-state index >= 15 is 0 Å². The molecule has 1 unspecified atom stereocenters. The van der Waals surface area contributed by atoms with Crippen LogP contribution in [0.5, 0.6) is 0 Å². The number of hydrogen-bond acceptors (Lipinski definition) is 4. The third-order valence-corrected chi connectivity index (χ3v) is 7.88. The summed E-state index contributed by atoms with van der Waals surface area (Å²) < 4.78 is 27.2. The van der Waals surface area contributed by atoms with Gasteiger partial charge in [0.05, 0.1) is 4.34 Å². The second-order valence-electron chi connectivity index (χ2n) is 5.81. The first-order chi connectivity index (χ1) is 11.0. The van der Waals surface area contributed by atoms with Gasteiger partial charge in [0, 0.05) is 32.6 Å². The molecule has 3 rings (SSSR count). The Kier molecular flexibility index (Phi) is 5.10. The zero-order valence-corrected chi connectivity index (χ0v) is 15.0. The highest BCUT2D eigenvalue weighted by Crippen LogP contribution is 2.29. The van der Waals surface area contributed by atoms with E-state index in [2.05, 4.69) is 12.2 Å². The lowest BCUT2D eigenvalue weighted by Crippen LogP contribution is -2.50. The number of halogens is 1. The van der Waals surface area contributed by atoms with Crippen LogP contribution in [0.25, 0.3) is 0 Å². The maximum Gasteiger partial charge on any atom is 0.252 e. The summed E-state index contributed by atoms with van der Waals surface area (Å²) in [4.78, 5) is 14.1. The molecular formula is C15H19ClN2O3S2. The van der Waals surface area contributed by atoms with Gasteiger partial charge >= 0.3 is 0 Å². The number of rotatable bonds is 4. The van der Waals surface area contributed by atoms with Gasteiger partial charge in [0.25, 0.3) is 10.0 Å². The number of sulfonamides is 1. The summed E-state index contributed by atoms with van der Waals surface area (Å²) in [5.74, 6) is 0.468. The lowest BCUT2D eigenvalue weighted by Gasteiger charge is -2.34. The Balaban J connectivity index is 1.57. The Morgan fingerprint density at radius 1 is 1.26 bits per heavy atom. The first-order valence-electron chi connectivity index (χ1n) is 7.67. The van der Waals surface area contributed by atoms with E-state index in [0.29, 0.717) is 42.9 Å². The molecule has 0 spiro atoms. The molecule has 1 aliphatic carbocycles. The average molecular weight is 375 g/mol. The molecular weight excluding hydrogens is 356 g/mol. The zero-order valence-electron chi connectivity index (χ0n) is 12.7. The van der Waals surface area contributed by atoms with Crippen LogP contribution in [0.4, 0.5) is 0 Å². The number of carbonyl (C=O) groups excluding carboxylic acids is 1. The first kappa shape index (κ1) is 17.0. The Morgan fingerprint density at radius 3 is 2.57 bits per heavy atom. The minimum absolute atomic E-state index is 0.123. The molecule has 1 saturated heterocycles. The summed E-state index contributed by atoms with van der Waals surface area (Å²) in [6.45, 7) is 1.58. The van der Waals surface area contributed by atoms with Crippen LogP contribution in [-0.2, 0) is 14.8 Å². The fourth-order valence-electron chi connectivity index (χ4n) is 2.96. The maximum atomic E-state index is 12.5. The quantitative estimate of drug-likeness (QED) is 0.761. The minimum atomic E-state index is -3.49. The van der Waals surface area contributed by atoms with Crippen molar-refractivity contribution in [3.8, 4) is 0 Å². The van der Waals surface area contributed by atoms with Gasteiger partial charge in [0.1, 0.15) is 4.21 Å². The number of piperazine rings is 1. The van der Waals surface area contributed by atoms with Gasteiger partial charge in [-0.1, -0.05) is 23.8 Å². The fourth-order valence-corrected chi connectivity index (χ4v) is 6.02. The third kappa shape index (κ3) is 3.79. The lowest BCUT2D eigenvalue weighted by atomic mass is 10.0. The van der Waals surface area contributed by atoms with E-state index in [4.69, 9.17) is 11.6 Å². The molecule has 0 N–H and O–H groups in total. The third-order valence-electron chi connectivity index (χ3n) is 4.28. The van der Waals surface area contributed by atoms with Crippen LogP contribution in [0.2, 0.25) is 4.34 Å². The molecule has 23 heavy (non-hydrogen) atoms. The molecule has 1 aromatic heterocycles. The van der Waals surface area contributed by atoms with Crippen molar-refractivity contribution in [3.63, 3.8) is 0 Å². The highest BCUT2D eigenvalue weighted by atomic mass is 35.5. The molecule has 1 amide bonds. The van der Waals surface area contributed by atoms with Gasteiger partial charge in [-0.15, -0.1) is 11.3 Å². The van der Waals surface area contributed by atoms with Crippen molar-refractivity contribution in [1.82, 2.24) is 9.21 Å². The van der Waals surface area contributed by atoms with Crippen LogP contribution in [0.1, 0.15) is 19.3 Å². The molecule has 8 heteroatoms. The highest BCUT2D eigenvalue weighted by molar-refractivity contribution is 7.91. The Bertz CT molecular complexity index is 706. The summed E-state index contributed by atoms with van der Waals surface area (Å²) in [7, 11) is -3.49. The molecule has 5 nitrogen and oxygen atoms in total. The molecule has 126 valence electrons.